The first-order valence-corrected chi connectivity index (χ1v) is 19.2. The van der Waals surface area contributed by atoms with Gasteiger partial charge in [-0.25, -0.2) is 0 Å². The number of hydrogen-bond donors (Lipinski definition) is 0. The number of hydrogen-bond acceptors (Lipinski definition) is 1. The van der Waals surface area contributed by atoms with Crippen molar-refractivity contribution < 1.29 is 4.42 Å². The Labute approximate surface area is 319 Å². The second-order valence-corrected chi connectivity index (χ2v) is 15.2. The molecule has 0 bridgehead atoms. The smallest absolute Gasteiger partial charge is 0.136 e. The van der Waals surface area contributed by atoms with Crippen molar-refractivity contribution in [2.24, 2.45) is 0 Å². The molecule has 0 radical (unpaired) electrons. The maximum atomic E-state index is 6.36. The van der Waals surface area contributed by atoms with Crippen molar-refractivity contribution in [3.63, 3.8) is 0 Å². The van der Waals surface area contributed by atoms with Gasteiger partial charge in [-0.15, -0.1) is 0 Å². The van der Waals surface area contributed by atoms with Crippen molar-refractivity contribution >= 4 is 32.7 Å². The van der Waals surface area contributed by atoms with E-state index in [4.69, 9.17) is 4.42 Å². The first kappa shape index (κ1) is 30.5. The van der Waals surface area contributed by atoms with E-state index in [0.717, 1.165) is 27.5 Å². The van der Waals surface area contributed by atoms with Crippen molar-refractivity contribution in [2.45, 2.75) is 11.8 Å². The number of fused-ring (bicyclic) bond motifs is 10. The lowest BCUT2D eigenvalue weighted by atomic mass is 9.83. The second kappa shape index (κ2) is 11.8. The normalized spacial score (nSPS) is 15.3. The van der Waals surface area contributed by atoms with Gasteiger partial charge in [-0.05, 0) is 131 Å². The Morgan fingerprint density at radius 2 is 0.818 bits per heavy atom. The monoisotopic (exact) mass is 698 g/mol. The number of para-hydroxylation sites is 1. The summed E-state index contributed by atoms with van der Waals surface area (Å²) in [6.07, 6.45) is 0. The molecule has 0 saturated heterocycles. The van der Waals surface area contributed by atoms with E-state index in [1.165, 1.54) is 83.1 Å². The minimum Gasteiger partial charge on any atom is -0.456 e. The highest BCUT2D eigenvalue weighted by molar-refractivity contribution is 6.06. The molecule has 256 valence electrons. The predicted octanol–water partition coefficient (Wildman–Crippen LogP) is 14.4. The molecule has 2 aliphatic rings. The van der Waals surface area contributed by atoms with Crippen LogP contribution in [0.1, 0.15) is 45.2 Å². The predicted molar refractivity (Wildman–Crippen MR) is 228 cm³/mol. The first-order valence-electron chi connectivity index (χ1n) is 19.2. The van der Waals surface area contributed by atoms with Crippen LogP contribution in [0.3, 0.4) is 0 Å². The van der Waals surface area contributed by atoms with Crippen LogP contribution < -0.4 is 0 Å². The van der Waals surface area contributed by atoms with Crippen molar-refractivity contribution in [1.29, 1.82) is 0 Å². The van der Waals surface area contributed by atoms with E-state index in [0.29, 0.717) is 0 Å². The van der Waals surface area contributed by atoms with Crippen LogP contribution in [-0.2, 0) is 0 Å². The molecule has 55 heavy (non-hydrogen) atoms. The third-order valence-corrected chi connectivity index (χ3v) is 12.2. The molecule has 2 aliphatic carbocycles. The lowest BCUT2D eigenvalue weighted by Crippen LogP contribution is -2.02. The Hall–Kier alpha value is -6.96. The summed E-state index contributed by atoms with van der Waals surface area (Å²) in [5.74, 6) is 0.299. The van der Waals surface area contributed by atoms with Crippen LogP contribution in [0, 0.1) is 0 Å². The zero-order valence-electron chi connectivity index (χ0n) is 30.0. The molecule has 9 aromatic carbocycles. The summed E-state index contributed by atoms with van der Waals surface area (Å²) < 4.78 is 6.36. The minimum absolute atomic E-state index is 0.0849. The molecule has 0 saturated carbocycles. The Morgan fingerprint density at radius 1 is 0.291 bits per heavy atom. The van der Waals surface area contributed by atoms with Crippen LogP contribution in [0.15, 0.2) is 199 Å². The van der Waals surface area contributed by atoms with Crippen molar-refractivity contribution in [1.82, 2.24) is 0 Å². The van der Waals surface area contributed by atoms with Crippen LogP contribution in [-0.4, -0.2) is 0 Å². The quantitative estimate of drug-likeness (QED) is 0.178. The Balaban J connectivity index is 1.03. The fraction of sp³-hybridized carbons (Fsp3) is 0.0370. The molecule has 0 N–H and O–H groups in total. The lowest BCUT2D eigenvalue weighted by molar-refractivity contribution is 0.669. The van der Waals surface area contributed by atoms with E-state index in [9.17, 15) is 0 Å². The van der Waals surface area contributed by atoms with Gasteiger partial charge >= 0.3 is 0 Å². The van der Waals surface area contributed by atoms with Gasteiger partial charge in [-0.2, -0.15) is 0 Å². The average Bonchev–Trinajstić information content (AvgIpc) is 3.90. The highest BCUT2D eigenvalue weighted by Gasteiger charge is 2.33. The molecule has 1 heterocycles. The van der Waals surface area contributed by atoms with Crippen molar-refractivity contribution in [3.8, 4) is 44.5 Å². The van der Waals surface area contributed by atoms with E-state index in [1.54, 1.807) is 0 Å². The largest absolute Gasteiger partial charge is 0.456 e. The molecular formula is C54H34O. The van der Waals surface area contributed by atoms with Gasteiger partial charge in [0, 0.05) is 22.6 Å². The van der Waals surface area contributed by atoms with Gasteiger partial charge in [0.15, 0.2) is 0 Å². The SMILES string of the molecule is c1ccc(C2c3ccccc3-c3ccc(-c4ccc5c(c4)C(c4cc(-c6ccc7c(c6)oc6ccccc67)cc6ccccc46)c4ccccc4-5)cc32)cc1. The standard InChI is InChI=1S/C54H34O/c1-2-12-33(13-3-1)53-46-19-8-6-16-40(46)42-25-22-34(29-49(42)53)35-23-26-43-41-17-7-9-20-47(41)54(50(43)30-35)48-31-38(28-37-14-4-5-15-39(37)48)36-24-27-45-44-18-10-11-21-51(44)55-52(45)32-36/h1-32,53-54H. The summed E-state index contributed by atoms with van der Waals surface area (Å²) in [7, 11) is 0. The molecular weight excluding hydrogens is 665 g/mol. The summed E-state index contributed by atoms with van der Waals surface area (Å²) >= 11 is 0. The summed E-state index contributed by atoms with van der Waals surface area (Å²) in [4.78, 5) is 0. The molecule has 1 aromatic heterocycles. The molecule has 0 aliphatic heterocycles. The van der Waals surface area contributed by atoms with Crippen molar-refractivity contribution in [2.75, 3.05) is 0 Å². The fourth-order valence-corrected chi connectivity index (χ4v) is 9.77. The zero-order valence-corrected chi connectivity index (χ0v) is 30.0. The number of rotatable bonds is 4. The zero-order chi connectivity index (χ0) is 36.0. The van der Waals surface area contributed by atoms with Gasteiger partial charge in [0.05, 0.1) is 0 Å². The Kier molecular flexibility index (Phi) is 6.53. The van der Waals surface area contributed by atoms with Crippen LogP contribution in [0.2, 0.25) is 0 Å². The molecule has 12 rings (SSSR count). The maximum Gasteiger partial charge on any atom is 0.136 e. The van der Waals surface area contributed by atoms with E-state index < -0.39 is 0 Å². The molecule has 1 heteroatoms. The lowest BCUT2D eigenvalue weighted by Gasteiger charge is -2.20. The molecule has 1 nitrogen and oxygen atoms in total. The maximum absolute atomic E-state index is 6.36. The van der Waals surface area contributed by atoms with Gasteiger partial charge in [-0.3, -0.25) is 0 Å². The minimum atomic E-state index is 0.0849. The van der Waals surface area contributed by atoms with Gasteiger partial charge < -0.3 is 4.42 Å². The van der Waals surface area contributed by atoms with Gasteiger partial charge in [-0.1, -0.05) is 152 Å². The highest BCUT2D eigenvalue weighted by atomic mass is 16.3. The van der Waals surface area contributed by atoms with Crippen LogP contribution in [0.5, 0.6) is 0 Å². The van der Waals surface area contributed by atoms with Crippen molar-refractivity contribution in [3.05, 3.63) is 228 Å². The third-order valence-electron chi connectivity index (χ3n) is 12.2. The number of furan rings is 1. The average molecular weight is 699 g/mol. The Bertz CT molecular complexity index is 3160. The highest BCUT2D eigenvalue weighted by Crippen LogP contribution is 2.53. The van der Waals surface area contributed by atoms with Gasteiger partial charge in [0.25, 0.3) is 0 Å². The van der Waals surface area contributed by atoms with Crippen LogP contribution in [0.4, 0.5) is 0 Å². The molecule has 2 atom stereocenters. The summed E-state index contributed by atoms with van der Waals surface area (Å²) in [5, 5.41) is 4.83. The van der Waals surface area contributed by atoms with Gasteiger partial charge in [0.2, 0.25) is 0 Å². The van der Waals surface area contributed by atoms with Crippen LogP contribution in [0.25, 0.3) is 77.2 Å². The van der Waals surface area contributed by atoms with E-state index in [2.05, 4.69) is 188 Å². The Morgan fingerprint density at radius 3 is 1.58 bits per heavy atom. The topological polar surface area (TPSA) is 13.1 Å². The molecule has 0 amide bonds. The van der Waals surface area contributed by atoms with Crippen LogP contribution >= 0.6 is 0 Å². The first-order chi connectivity index (χ1) is 27.3. The van der Waals surface area contributed by atoms with E-state index >= 15 is 0 Å². The van der Waals surface area contributed by atoms with Gasteiger partial charge in [0.1, 0.15) is 11.2 Å². The second-order valence-electron chi connectivity index (χ2n) is 15.2. The molecule has 0 fully saturated rings. The third kappa shape index (κ3) is 4.60. The molecule has 0 spiro atoms. The molecule has 2 unspecified atom stereocenters. The molecule has 10 aromatic rings. The van der Waals surface area contributed by atoms with E-state index in [1.807, 2.05) is 6.07 Å². The fourth-order valence-electron chi connectivity index (χ4n) is 9.77. The summed E-state index contributed by atoms with van der Waals surface area (Å²) in [6.45, 7) is 0. The summed E-state index contributed by atoms with van der Waals surface area (Å²) in [6, 6.07) is 71.8. The van der Waals surface area contributed by atoms with E-state index in [-0.39, 0.29) is 11.8 Å². The number of benzene rings is 9. The summed E-state index contributed by atoms with van der Waals surface area (Å²) in [5.41, 5.74) is 20.2.